The number of benzene rings is 1. The second-order valence-electron chi connectivity index (χ2n) is 5.08. The molecule has 0 radical (unpaired) electrons. The first kappa shape index (κ1) is 16.0. The van der Waals surface area contributed by atoms with E-state index in [0.717, 1.165) is 11.3 Å². The molecule has 1 N–H and O–H groups in total. The van der Waals surface area contributed by atoms with Crippen molar-refractivity contribution in [2.75, 3.05) is 7.11 Å². The number of thiocarbonyl (C=S) groups is 1. The van der Waals surface area contributed by atoms with Crippen LogP contribution in [0.25, 0.3) is 6.08 Å². The average molecular weight is 340 g/mol. The minimum atomic E-state index is -0.180. The molecule has 1 aromatic carbocycles. The van der Waals surface area contributed by atoms with E-state index in [0.29, 0.717) is 23.1 Å². The number of furan rings is 1. The van der Waals surface area contributed by atoms with Gasteiger partial charge in [-0.1, -0.05) is 30.4 Å². The Morgan fingerprint density at radius 3 is 2.88 bits per heavy atom. The number of nitrogens with zero attached hydrogens (tertiary/aromatic N) is 1. The number of hydrogen-bond acceptors (Lipinski definition) is 4. The summed E-state index contributed by atoms with van der Waals surface area (Å²) in [4.78, 5) is 13.9. The van der Waals surface area contributed by atoms with Gasteiger partial charge in [0.25, 0.3) is 5.91 Å². The van der Waals surface area contributed by atoms with E-state index in [1.807, 2.05) is 30.3 Å². The number of rotatable bonds is 5. The van der Waals surface area contributed by atoms with Crippen LogP contribution in [-0.4, -0.2) is 23.0 Å². The van der Waals surface area contributed by atoms with Crippen LogP contribution in [0.15, 0.2) is 64.9 Å². The van der Waals surface area contributed by atoms with E-state index in [4.69, 9.17) is 21.4 Å². The molecule has 1 amide bonds. The van der Waals surface area contributed by atoms with Crippen LogP contribution in [0.3, 0.4) is 0 Å². The Labute approximate surface area is 145 Å². The lowest BCUT2D eigenvalue weighted by Gasteiger charge is -2.11. The van der Waals surface area contributed by atoms with Gasteiger partial charge < -0.3 is 14.5 Å². The number of methoxy groups -OCH3 is 1. The molecule has 1 aromatic heterocycles. The molecule has 6 heteroatoms. The molecule has 0 bridgehead atoms. The molecule has 2 aromatic rings. The van der Waals surface area contributed by atoms with Crippen molar-refractivity contribution in [3.05, 3.63) is 71.8 Å². The SMILES string of the molecule is COc1ccccc1/C=C/C=C1/NC(=S)N(Cc2ccco2)C1=O. The highest BCUT2D eigenvalue weighted by Gasteiger charge is 2.30. The molecule has 1 aliphatic rings. The van der Waals surface area contributed by atoms with Crippen molar-refractivity contribution in [1.82, 2.24) is 10.2 Å². The third kappa shape index (κ3) is 3.38. The third-order valence-corrected chi connectivity index (χ3v) is 3.86. The molecule has 122 valence electrons. The van der Waals surface area contributed by atoms with Crippen LogP contribution in [0, 0.1) is 0 Å². The molecule has 0 unspecified atom stereocenters. The number of carbonyl (C=O) groups is 1. The van der Waals surface area contributed by atoms with Crippen molar-refractivity contribution in [3.63, 3.8) is 0 Å². The van der Waals surface area contributed by atoms with E-state index < -0.39 is 0 Å². The highest BCUT2D eigenvalue weighted by atomic mass is 32.1. The van der Waals surface area contributed by atoms with Crippen LogP contribution in [0.4, 0.5) is 0 Å². The first-order chi connectivity index (χ1) is 11.7. The van der Waals surface area contributed by atoms with Crippen molar-refractivity contribution in [2.24, 2.45) is 0 Å². The van der Waals surface area contributed by atoms with Crippen molar-refractivity contribution >= 4 is 29.3 Å². The first-order valence-corrected chi connectivity index (χ1v) is 7.76. The minimum Gasteiger partial charge on any atom is -0.496 e. The molecule has 0 atom stereocenters. The highest BCUT2D eigenvalue weighted by molar-refractivity contribution is 7.80. The summed E-state index contributed by atoms with van der Waals surface area (Å²) in [5, 5.41) is 3.29. The standard InChI is InChI=1S/C18H16N2O3S/c1-22-16-10-3-2-6-13(16)7-4-9-15-17(21)20(18(24)19-15)12-14-8-5-11-23-14/h2-11H,12H2,1H3,(H,19,24)/b7-4+,15-9+. The number of nitrogens with one attached hydrogen (secondary N) is 1. The average Bonchev–Trinajstić information content (AvgIpc) is 3.19. The van der Waals surface area contributed by atoms with Gasteiger partial charge in [0.2, 0.25) is 0 Å². The topological polar surface area (TPSA) is 54.7 Å². The predicted molar refractivity (Wildman–Crippen MR) is 95.1 cm³/mol. The van der Waals surface area contributed by atoms with E-state index in [1.54, 1.807) is 37.7 Å². The first-order valence-electron chi connectivity index (χ1n) is 7.35. The summed E-state index contributed by atoms with van der Waals surface area (Å²) in [6.07, 6.45) is 6.93. The summed E-state index contributed by atoms with van der Waals surface area (Å²) in [7, 11) is 1.62. The third-order valence-electron chi connectivity index (χ3n) is 3.53. The molecule has 5 nitrogen and oxygen atoms in total. The zero-order valence-corrected chi connectivity index (χ0v) is 13.9. The summed E-state index contributed by atoms with van der Waals surface area (Å²) in [6, 6.07) is 11.2. The molecule has 1 aliphatic heterocycles. The number of para-hydroxylation sites is 1. The Hall–Kier alpha value is -2.86. The van der Waals surface area contributed by atoms with E-state index in [9.17, 15) is 4.79 Å². The molecule has 0 saturated carbocycles. The fraction of sp³-hybridized carbons (Fsp3) is 0.111. The largest absolute Gasteiger partial charge is 0.496 e. The summed E-state index contributed by atoms with van der Waals surface area (Å²) in [5.74, 6) is 1.27. The van der Waals surface area contributed by atoms with E-state index in [-0.39, 0.29) is 5.91 Å². The van der Waals surface area contributed by atoms with Crippen LogP contribution < -0.4 is 10.1 Å². The number of hydrogen-bond donors (Lipinski definition) is 1. The Morgan fingerprint density at radius 1 is 1.29 bits per heavy atom. The van der Waals surface area contributed by atoms with Crippen molar-refractivity contribution in [1.29, 1.82) is 0 Å². The zero-order valence-electron chi connectivity index (χ0n) is 13.1. The van der Waals surface area contributed by atoms with Gasteiger partial charge in [0.05, 0.1) is 19.9 Å². The Bertz CT molecular complexity index is 809. The van der Waals surface area contributed by atoms with E-state index >= 15 is 0 Å². The number of amides is 1. The second-order valence-corrected chi connectivity index (χ2v) is 5.47. The Kier molecular flexibility index (Phi) is 4.77. The molecule has 24 heavy (non-hydrogen) atoms. The van der Waals surface area contributed by atoms with Gasteiger partial charge in [-0.3, -0.25) is 9.69 Å². The van der Waals surface area contributed by atoms with Crippen molar-refractivity contribution in [3.8, 4) is 5.75 Å². The maximum Gasteiger partial charge on any atom is 0.276 e. The molecule has 1 saturated heterocycles. The van der Waals surface area contributed by atoms with Crippen LogP contribution >= 0.6 is 12.2 Å². The predicted octanol–water partition coefficient (Wildman–Crippen LogP) is 3.10. The Balaban J connectivity index is 1.73. The molecule has 0 aliphatic carbocycles. The van der Waals surface area contributed by atoms with E-state index in [2.05, 4.69) is 5.32 Å². The molecule has 2 heterocycles. The summed E-state index contributed by atoms with van der Waals surface area (Å²) in [6.45, 7) is 0.311. The fourth-order valence-corrected chi connectivity index (χ4v) is 2.60. The van der Waals surface area contributed by atoms with Gasteiger partial charge in [-0.15, -0.1) is 0 Å². The highest BCUT2D eigenvalue weighted by Crippen LogP contribution is 2.19. The monoisotopic (exact) mass is 340 g/mol. The van der Waals surface area contributed by atoms with Crippen LogP contribution in [0.5, 0.6) is 5.75 Å². The molecule has 3 rings (SSSR count). The second kappa shape index (κ2) is 7.14. The minimum absolute atomic E-state index is 0.180. The van der Waals surface area contributed by atoms with Gasteiger partial charge in [0.1, 0.15) is 17.2 Å². The lowest BCUT2D eigenvalue weighted by atomic mass is 10.2. The van der Waals surface area contributed by atoms with Gasteiger partial charge in [-0.2, -0.15) is 0 Å². The maximum absolute atomic E-state index is 12.4. The number of allylic oxidation sites excluding steroid dienone is 2. The fourth-order valence-electron chi connectivity index (χ4n) is 2.34. The maximum atomic E-state index is 12.4. The van der Waals surface area contributed by atoms with Crippen LogP contribution in [0.1, 0.15) is 11.3 Å². The quantitative estimate of drug-likeness (QED) is 0.669. The number of carbonyl (C=O) groups excluding carboxylic acids is 1. The Morgan fingerprint density at radius 2 is 2.12 bits per heavy atom. The van der Waals surface area contributed by atoms with E-state index in [1.165, 1.54) is 4.90 Å². The van der Waals surface area contributed by atoms with Crippen LogP contribution in [0.2, 0.25) is 0 Å². The van der Waals surface area contributed by atoms with Gasteiger partial charge in [-0.05, 0) is 36.5 Å². The zero-order chi connectivity index (χ0) is 16.9. The molecular formula is C18H16N2O3S. The molecule has 0 spiro atoms. The molecule has 1 fully saturated rings. The van der Waals surface area contributed by atoms with Crippen molar-refractivity contribution < 1.29 is 13.9 Å². The lowest BCUT2D eigenvalue weighted by Crippen LogP contribution is -2.29. The van der Waals surface area contributed by atoms with Crippen LogP contribution in [-0.2, 0) is 11.3 Å². The normalized spacial score (nSPS) is 16.2. The lowest BCUT2D eigenvalue weighted by molar-refractivity contribution is -0.123. The van der Waals surface area contributed by atoms with Gasteiger partial charge in [-0.25, -0.2) is 0 Å². The smallest absolute Gasteiger partial charge is 0.276 e. The van der Waals surface area contributed by atoms with Gasteiger partial charge in [0, 0.05) is 5.56 Å². The van der Waals surface area contributed by atoms with Crippen molar-refractivity contribution in [2.45, 2.75) is 6.54 Å². The molecular weight excluding hydrogens is 324 g/mol. The van der Waals surface area contributed by atoms with Gasteiger partial charge >= 0.3 is 0 Å². The summed E-state index contributed by atoms with van der Waals surface area (Å²) < 4.78 is 10.6. The summed E-state index contributed by atoms with van der Waals surface area (Å²) in [5.41, 5.74) is 1.36. The summed E-state index contributed by atoms with van der Waals surface area (Å²) >= 11 is 5.22. The van der Waals surface area contributed by atoms with Gasteiger partial charge in [0.15, 0.2) is 5.11 Å². The number of ether oxygens (including phenoxy) is 1.